The largest absolute Gasteiger partial charge is 0.495 e. The summed E-state index contributed by atoms with van der Waals surface area (Å²) in [5.74, 6) is 0.687. The first-order valence-corrected chi connectivity index (χ1v) is 7.44. The van der Waals surface area contributed by atoms with Crippen LogP contribution in [0.15, 0.2) is 46.9 Å². The van der Waals surface area contributed by atoms with Crippen molar-refractivity contribution >= 4 is 43.5 Å². The molecule has 0 fully saturated rings. The molecule has 0 aromatic heterocycles. The van der Waals surface area contributed by atoms with Crippen molar-refractivity contribution in [2.45, 2.75) is 4.83 Å². The van der Waals surface area contributed by atoms with Crippen LogP contribution in [0.3, 0.4) is 0 Å². The third kappa shape index (κ3) is 2.90. The zero-order valence-electron chi connectivity index (χ0n) is 9.66. The summed E-state index contributed by atoms with van der Waals surface area (Å²) in [4.78, 5) is 0.0940. The van der Waals surface area contributed by atoms with Crippen molar-refractivity contribution < 1.29 is 4.74 Å². The lowest BCUT2D eigenvalue weighted by Crippen LogP contribution is -1.95. The molecular formula is C14H11Br2ClO. The monoisotopic (exact) mass is 388 g/mol. The van der Waals surface area contributed by atoms with Crippen molar-refractivity contribution in [3.63, 3.8) is 0 Å². The number of alkyl halides is 1. The Morgan fingerprint density at radius 1 is 1.17 bits per heavy atom. The molecule has 0 bridgehead atoms. The van der Waals surface area contributed by atoms with E-state index in [0.717, 1.165) is 10.0 Å². The highest BCUT2D eigenvalue weighted by molar-refractivity contribution is 9.11. The summed E-state index contributed by atoms with van der Waals surface area (Å²) < 4.78 is 6.22. The molecule has 0 aliphatic rings. The molecule has 1 nitrogen and oxygen atoms in total. The molecule has 0 saturated heterocycles. The van der Waals surface area contributed by atoms with Crippen LogP contribution in [0.25, 0.3) is 0 Å². The van der Waals surface area contributed by atoms with Gasteiger partial charge in [-0.3, -0.25) is 0 Å². The second kappa shape index (κ2) is 6.09. The lowest BCUT2D eigenvalue weighted by atomic mass is 10.0. The maximum atomic E-state index is 6.14. The summed E-state index contributed by atoms with van der Waals surface area (Å²) in [6.07, 6.45) is 0. The average Bonchev–Trinajstić information content (AvgIpc) is 2.38. The van der Waals surface area contributed by atoms with Gasteiger partial charge in [-0.05, 0) is 29.3 Å². The van der Waals surface area contributed by atoms with E-state index in [0.29, 0.717) is 10.8 Å². The first kappa shape index (κ1) is 13.9. The molecule has 1 unspecified atom stereocenters. The van der Waals surface area contributed by atoms with Gasteiger partial charge in [-0.1, -0.05) is 67.7 Å². The van der Waals surface area contributed by atoms with Crippen LogP contribution in [0.4, 0.5) is 0 Å². The SMILES string of the molecule is COc1ccc(C(Br)c2ccccc2Br)cc1Cl. The van der Waals surface area contributed by atoms with Crippen LogP contribution in [0.5, 0.6) is 5.75 Å². The topological polar surface area (TPSA) is 9.23 Å². The molecule has 94 valence electrons. The van der Waals surface area contributed by atoms with Gasteiger partial charge in [-0.2, -0.15) is 0 Å². The summed E-state index contributed by atoms with van der Waals surface area (Å²) >= 11 is 13.4. The van der Waals surface area contributed by atoms with Gasteiger partial charge in [0.25, 0.3) is 0 Å². The molecule has 0 N–H and O–H groups in total. The number of halogens is 3. The van der Waals surface area contributed by atoms with Crippen LogP contribution in [-0.4, -0.2) is 7.11 Å². The smallest absolute Gasteiger partial charge is 0.137 e. The summed E-state index contributed by atoms with van der Waals surface area (Å²) in [6.45, 7) is 0. The summed E-state index contributed by atoms with van der Waals surface area (Å²) in [5, 5.41) is 0.617. The Bertz CT molecular complexity index is 557. The highest BCUT2D eigenvalue weighted by Crippen LogP contribution is 2.37. The van der Waals surface area contributed by atoms with Gasteiger partial charge in [0.05, 0.1) is 17.0 Å². The fourth-order valence-electron chi connectivity index (χ4n) is 1.70. The third-order valence-corrected chi connectivity index (χ3v) is 4.69. The van der Waals surface area contributed by atoms with Crippen LogP contribution in [0, 0.1) is 0 Å². The number of hydrogen-bond donors (Lipinski definition) is 0. The predicted molar refractivity (Wildman–Crippen MR) is 82.9 cm³/mol. The Labute approximate surface area is 128 Å². The molecule has 0 heterocycles. The van der Waals surface area contributed by atoms with E-state index >= 15 is 0 Å². The maximum absolute atomic E-state index is 6.14. The molecular weight excluding hydrogens is 379 g/mol. The van der Waals surface area contributed by atoms with Crippen molar-refractivity contribution in [3.8, 4) is 5.75 Å². The van der Waals surface area contributed by atoms with E-state index in [1.54, 1.807) is 7.11 Å². The normalized spacial score (nSPS) is 12.2. The zero-order valence-corrected chi connectivity index (χ0v) is 13.6. The van der Waals surface area contributed by atoms with E-state index in [9.17, 15) is 0 Å². The van der Waals surface area contributed by atoms with Crippen LogP contribution in [0.2, 0.25) is 5.02 Å². The third-order valence-electron chi connectivity index (χ3n) is 2.65. The number of rotatable bonds is 3. The van der Waals surface area contributed by atoms with Gasteiger partial charge in [-0.15, -0.1) is 0 Å². The molecule has 2 rings (SSSR count). The molecule has 0 radical (unpaired) electrons. The van der Waals surface area contributed by atoms with Gasteiger partial charge in [0, 0.05) is 4.47 Å². The minimum atomic E-state index is 0.0940. The summed E-state index contributed by atoms with van der Waals surface area (Å²) in [5.41, 5.74) is 2.26. The Hall–Kier alpha value is -0.510. The minimum Gasteiger partial charge on any atom is -0.495 e. The first-order valence-electron chi connectivity index (χ1n) is 5.35. The van der Waals surface area contributed by atoms with Crippen molar-refractivity contribution in [2.75, 3.05) is 7.11 Å². The Balaban J connectivity index is 2.37. The zero-order chi connectivity index (χ0) is 13.1. The quantitative estimate of drug-likeness (QED) is 0.620. The van der Waals surface area contributed by atoms with Crippen LogP contribution in [0.1, 0.15) is 16.0 Å². The Kier molecular flexibility index (Phi) is 4.71. The lowest BCUT2D eigenvalue weighted by Gasteiger charge is -2.14. The van der Waals surface area contributed by atoms with Crippen molar-refractivity contribution in [3.05, 3.63) is 63.1 Å². The van der Waals surface area contributed by atoms with E-state index in [1.165, 1.54) is 5.56 Å². The molecule has 4 heteroatoms. The molecule has 2 aromatic carbocycles. The molecule has 0 aliphatic heterocycles. The predicted octanol–water partition coefficient (Wildman–Crippen LogP) is 5.60. The number of benzene rings is 2. The standard InChI is InChI=1S/C14H11Br2ClO/c1-18-13-7-6-9(8-12(13)17)14(16)10-4-2-3-5-11(10)15/h2-8,14H,1H3. The van der Waals surface area contributed by atoms with Crippen LogP contribution < -0.4 is 4.74 Å². The number of hydrogen-bond acceptors (Lipinski definition) is 1. The maximum Gasteiger partial charge on any atom is 0.137 e. The molecule has 0 spiro atoms. The summed E-state index contributed by atoms with van der Waals surface area (Å²) in [6, 6.07) is 13.9. The van der Waals surface area contributed by atoms with E-state index in [2.05, 4.69) is 37.9 Å². The van der Waals surface area contributed by atoms with Crippen LogP contribution >= 0.6 is 43.5 Å². The van der Waals surface area contributed by atoms with Gasteiger partial charge < -0.3 is 4.74 Å². The number of ether oxygens (including phenoxy) is 1. The average molecular weight is 391 g/mol. The fourth-order valence-corrected chi connectivity index (χ4v) is 3.47. The van der Waals surface area contributed by atoms with E-state index < -0.39 is 0 Å². The molecule has 0 aliphatic carbocycles. The van der Waals surface area contributed by atoms with Crippen molar-refractivity contribution in [1.29, 1.82) is 0 Å². The van der Waals surface area contributed by atoms with Crippen LogP contribution in [-0.2, 0) is 0 Å². The van der Waals surface area contributed by atoms with E-state index in [-0.39, 0.29) is 4.83 Å². The van der Waals surface area contributed by atoms with Gasteiger partial charge in [-0.25, -0.2) is 0 Å². The van der Waals surface area contributed by atoms with Crippen molar-refractivity contribution in [2.24, 2.45) is 0 Å². The number of methoxy groups -OCH3 is 1. The van der Waals surface area contributed by atoms with Crippen molar-refractivity contribution in [1.82, 2.24) is 0 Å². The van der Waals surface area contributed by atoms with Gasteiger partial charge in [0.1, 0.15) is 5.75 Å². The van der Waals surface area contributed by atoms with Gasteiger partial charge in [0.15, 0.2) is 0 Å². The minimum absolute atomic E-state index is 0.0940. The highest BCUT2D eigenvalue weighted by atomic mass is 79.9. The fraction of sp³-hybridized carbons (Fsp3) is 0.143. The van der Waals surface area contributed by atoms with E-state index in [1.807, 2.05) is 36.4 Å². The molecule has 0 saturated carbocycles. The lowest BCUT2D eigenvalue weighted by molar-refractivity contribution is 0.415. The molecule has 18 heavy (non-hydrogen) atoms. The molecule has 2 aromatic rings. The molecule has 0 amide bonds. The highest BCUT2D eigenvalue weighted by Gasteiger charge is 2.14. The summed E-state index contributed by atoms with van der Waals surface area (Å²) in [7, 11) is 1.61. The Morgan fingerprint density at radius 3 is 2.50 bits per heavy atom. The molecule has 1 atom stereocenters. The van der Waals surface area contributed by atoms with Gasteiger partial charge in [0.2, 0.25) is 0 Å². The second-order valence-electron chi connectivity index (χ2n) is 3.78. The van der Waals surface area contributed by atoms with E-state index in [4.69, 9.17) is 16.3 Å². The van der Waals surface area contributed by atoms with Gasteiger partial charge >= 0.3 is 0 Å². The first-order chi connectivity index (χ1) is 8.63. The second-order valence-corrected chi connectivity index (χ2v) is 5.96. The Morgan fingerprint density at radius 2 is 1.89 bits per heavy atom.